The summed E-state index contributed by atoms with van der Waals surface area (Å²) in [7, 11) is -2.21. The van der Waals surface area contributed by atoms with Gasteiger partial charge in [0, 0.05) is 42.6 Å². The van der Waals surface area contributed by atoms with E-state index in [0.717, 1.165) is 11.8 Å². The van der Waals surface area contributed by atoms with Gasteiger partial charge >= 0.3 is 0 Å². The third kappa shape index (κ3) is 6.10. The molecule has 9 heteroatoms. The van der Waals surface area contributed by atoms with Crippen LogP contribution < -0.4 is 14.4 Å². The van der Waals surface area contributed by atoms with Crippen LogP contribution in [0.5, 0.6) is 5.75 Å². The Balaban J connectivity index is 1.64. The molecular formula is C32H29FN2O5S. The van der Waals surface area contributed by atoms with Crippen molar-refractivity contribution in [3.05, 3.63) is 108 Å². The Bertz CT molecular complexity index is 1770. The molecule has 0 saturated carbocycles. The van der Waals surface area contributed by atoms with Crippen molar-refractivity contribution in [1.29, 1.82) is 0 Å². The van der Waals surface area contributed by atoms with Crippen LogP contribution in [0.4, 0.5) is 10.1 Å². The molecule has 0 spiro atoms. The van der Waals surface area contributed by atoms with Crippen molar-refractivity contribution in [1.82, 2.24) is 5.32 Å². The first-order valence-electron chi connectivity index (χ1n) is 13.1. The average Bonchev–Trinajstić information content (AvgIpc) is 3.35. The van der Waals surface area contributed by atoms with Crippen molar-refractivity contribution < 1.29 is 26.8 Å². The summed E-state index contributed by atoms with van der Waals surface area (Å²) in [4.78, 5) is 13.1. The number of hydrogen-bond acceptors (Lipinski definition) is 5. The van der Waals surface area contributed by atoms with Gasteiger partial charge in [0.15, 0.2) is 0 Å². The number of carbonyl (C=O) groups is 1. The number of furan rings is 1. The lowest BCUT2D eigenvalue weighted by Crippen LogP contribution is -2.32. The zero-order valence-corrected chi connectivity index (χ0v) is 23.5. The van der Waals surface area contributed by atoms with Gasteiger partial charge in [-0.25, -0.2) is 12.8 Å². The van der Waals surface area contributed by atoms with Gasteiger partial charge in [-0.1, -0.05) is 48.5 Å². The maximum absolute atomic E-state index is 13.7. The van der Waals surface area contributed by atoms with E-state index in [-0.39, 0.29) is 23.8 Å². The zero-order valence-electron chi connectivity index (χ0n) is 22.6. The van der Waals surface area contributed by atoms with Crippen molar-refractivity contribution in [2.75, 3.05) is 30.8 Å². The van der Waals surface area contributed by atoms with E-state index in [4.69, 9.17) is 9.15 Å². The first kappa shape index (κ1) is 27.9. The maximum Gasteiger partial charge on any atom is 0.255 e. The third-order valence-electron chi connectivity index (χ3n) is 6.64. The topological polar surface area (TPSA) is 88.8 Å². The van der Waals surface area contributed by atoms with Gasteiger partial charge in [0.2, 0.25) is 10.0 Å². The molecule has 5 rings (SSSR count). The number of benzene rings is 4. The van der Waals surface area contributed by atoms with Crippen LogP contribution in [-0.4, -0.2) is 40.8 Å². The molecule has 41 heavy (non-hydrogen) atoms. The molecule has 7 nitrogen and oxygen atoms in total. The minimum absolute atomic E-state index is 0.158. The molecule has 0 aliphatic rings. The summed E-state index contributed by atoms with van der Waals surface area (Å²) in [6, 6.07) is 27.8. The van der Waals surface area contributed by atoms with Crippen LogP contribution in [-0.2, 0) is 10.0 Å². The van der Waals surface area contributed by atoms with Gasteiger partial charge in [-0.2, -0.15) is 0 Å². The molecule has 210 valence electrons. The second kappa shape index (κ2) is 11.9. The number of nitrogens with zero attached hydrogens (tertiary/aromatic N) is 1. The normalized spacial score (nSPS) is 11.4. The minimum Gasteiger partial charge on any atom is -0.494 e. The largest absolute Gasteiger partial charge is 0.494 e. The predicted octanol–water partition coefficient (Wildman–Crippen LogP) is 6.50. The van der Waals surface area contributed by atoms with E-state index in [1.54, 1.807) is 12.1 Å². The molecule has 1 amide bonds. The van der Waals surface area contributed by atoms with Crippen molar-refractivity contribution in [2.24, 2.45) is 0 Å². The minimum atomic E-state index is -3.73. The highest BCUT2D eigenvalue weighted by molar-refractivity contribution is 7.92. The van der Waals surface area contributed by atoms with Gasteiger partial charge in [0.05, 0.1) is 24.1 Å². The molecule has 4 aromatic carbocycles. The summed E-state index contributed by atoms with van der Waals surface area (Å²) in [5.41, 5.74) is 2.91. The number of rotatable bonds is 10. The quantitative estimate of drug-likeness (QED) is 0.193. The molecule has 0 aliphatic carbocycles. The summed E-state index contributed by atoms with van der Waals surface area (Å²) < 4.78 is 53.3. The van der Waals surface area contributed by atoms with E-state index < -0.39 is 15.8 Å². The highest BCUT2D eigenvalue weighted by Gasteiger charge is 2.27. The van der Waals surface area contributed by atoms with Gasteiger partial charge in [0.1, 0.15) is 22.9 Å². The van der Waals surface area contributed by atoms with E-state index in [2.05, 4.69) is 5.32 Å². The number of hydrogen-bond donors (Lipinski definition) is 1. The van der Waals surface area contributed by atoms with Crippen LogP contribution in [0.1, 0.15) is 16.8 Å². The van der Waals surface area contributed by atoms with Gasteiger partial charge in [0.25, 0.3) is 5.91 Å². The van der Waals surface area contributed by atoms with E-state index in [9.17, 15) is 17.6 Å². The zero-order chi connectivity index (χ0) is 29.0. The summed E-state index contributed by atoms with van der Waals surface area (Å²) in [6.45, 7) is 0.472. The number of halogens is 1. The molecule has 0 atom stereocenters. The fourth-order valence-corrected chi connectivity index (χ4v) is 5.69. The predicted molar refractivity (Wildman–Crippen MR) is 159 cm³/mol. The Kier molecular flexibility index (Phi) is 8.07. The molecular weight excluding hydrogens is 543 g/mol. The molecule has 1 aromatic heterocycles. The van der Waals surface area contributed by atoms with Gasteiger partial charge in [-0.3, -0.25) is 9.10 Å². The second-order valence-corrected chi connectivity index (χ2v) is 11.4. The lowest BCUT2D eigenvalue weighted by molar-refractivity contribution is 0.0964. The number of anilines is 1. The molecule has 0 aliphatic heterocycles. The molecule has 1 N–H and O–H groups in total. The Morgan fingerprint density at radius 2 is 1.59 bits per heavy atom. The van der Waals surface area contributed by atoms with Gasteiger partial charge < -0.3 is 14.5 Å². The van der Waals surface area contributed by atoms with Crippen molar-refractivity contribution in [3.8, 4) is 28.2 Å². The highest BCUT2D eigenvalue weighted by atomic mass is 32.2. The van der Waals surface area contributed by atoms with Crippen LogP contribution in [0.2, 0.25) is 0 Å². The molecule has 0 fully saturated rings. The summed E-state index contributed by atoms with van der Waals surface area (Å²) in [6.07, 6.45) is 1.59. The summed E-state index contributed by atoms with van der Waals surface area (Å²) in [5.74, 6) is 0.168. The van der Waals surface area contributed by atoms with Crippen LogP contribution in [0.25, 0.3) is 33.4 Å². The standard InChI is InChI=1S/C32H29FN2O5S/c1-34-32(36)30-27-20-26(22-10-5-3-6-11-22)28(21-29(27)40-31(30)23-14-16-24(33)17-15-23)35(41(2,37)38)18-9-19-39-25-12-7-4-8-13-25/h3-8,10-17,20-21H,9,18-19H2,1-2H3,(H,34,36). The SMILES string of the molecule is CNC(=O)c1c(-c2ccc(F)cc2)oc2cc(N(CCCOc3ccccc3)S(C)(=O)=O)c(-c3ccccc3)cc12. The van der Waals surface area contributed by atoms with Gasteiger partial charge in [-0.05, 0) is 48.0 Å². The Morgan fingerprint density at radius 1 is 0.927 bits per heavy atom. The van der Waals surface area contributed by atoms with Crippen LogP contribution in [0.3, 0.4) is 0 Å². The summed E-state index contributed by atoms with van der Waals surface area (Å²) in [5, 5.41) is 3.16. The van der Waals surface area contributed by atoms with E-state index in [1.807, 2.05) is 60.7 Å². The molecule has 5 aromatic rings. The Labute approximate surface area is 238 Å². The molecule has 0 bridgehead atoms. The van der Waals surface area contributed by atoms with E-state index in [1.165, 1.54) is 35.6 Å². The van der Waals surface area contributed by atoms with Crippen LogP contribution in [0, 0.1) is 5.82 Å². The molecule has 0 radical (unpaired) electrons. The van der Waals surface area contributed by atoms with Crippen molar-refractivity contribution >= 4 is 32.6 Å². The van der Waals surface area contributed by atoms with Gasteiger partial charge in [-0.15, -0.1) is 0 Å². The highest BCUT2D eigenvalue weighted by Crippen LogP contribution is 2.41. The first-order chi connectivity index (χ1) is 19.8. The average molecular weight is 573 g/mol. The molecule has 1 heterocycles. The first-order valence-corrected chi connectivity index (χ1v) is 14.9. The number of ether oxygens (including phenoxy) is 1. The number of amides is 1. The Hall–Kier alpha value is -4.63. The Morgan fingerprint density at radius 3 is 2.22 bits per heavy atom. The lowest BCUT2D eigenvalue weighted by Gasteiger charge is -2.25. The molecule has 0 saturated heterocycles. The number of nitrogens with one attached hydrogen (secondary N) is 1. The smallest absolute Gasteiger partial charge is 0.255 e. The number of fused-ring (bicyclic) bond motifs is 1. The second-order valence-electron chi connectivity index (χ2n) is 9.47. The fraction of sp³-hybridized carbons (Fsp3) is 0.156. The molecule has 0 unspecified atom stereocenters. The van der Waals surface area contributed by atoms with Crippen LogP contribution >= 0.6 is 0 Å². The monoisotopic (exact) mass is 572 g/mol. The maximum atomic E-state index is 13.7. The van der Waals surface area contributed by atoms with Crippen LogP contribution in [0.15, 0.2) is 101 Å². The summed E-state index contributed by atoms with van der Waals surface area (Å²) >= 11 is 0. The van der Waals surface area contributed by atoms with E-state index in [0.29, 0.717) is 46.6 Å². The van der Waals surface area contributed by atoms with E-state index >= 15 is 0 Å². The third-order valence-corrected chi connectivity index (χ3v) is 7.82. The lowest BCUT2D eigenvalue weighted by atomic mass is 9.98. The fourth-order valence-electron chi connectivity index (χ4n) is 4.72. The number of sulfonamides is 1. The van der Waals surface area contributed by atoms with Crippen molar-refractivity contribution in [2.45, 2.75) is 6.42 Å². The number of carbonyl (C=O) groups excluding carboxylic acids is 1. The number of para-hydroxylation sites is 1. The van der Waals surface area contributed by atoms with Crippen molar-refractivity contribution in [3.63, 3.8) is 0 Å².